The van der Waals surface area contributed by atoms with E-state index in [0.29, 0.717) is 36.6 Å². The summed E-state index contributed by atoms with van der Waals surface area (Å²) in [6.07, 6.45) is 7.20. The monoisotopic (exact) mass is 347 g/mol. The highest BCUT2D eigenvalue weighted by Crippen LogP contribution is 2.27. The van der Waals surface area contributed by atoms with Gasteiger partial charge in [0.05, 0.1) is 12.8 Å². The van der Waals surface area contributed by atoms with Crippen LogP contribution in [-0.2, 0) is 13.0 Å². The van der Waals surface area contributed by atoms with Crippen molar-refractivity contribution >= 4 is 0 Å². The van der Waals surface area contributed by atoms with Gasteiger partial charge < -0.3 is 14.0 Å². The molecule has 1 aliphatic rings. The molecule has 2 atom stereocenters. The van der Waals surface area contributed by atoms with Crippen LogP contribution in [0.4, 0.5) is 0 Å². The Bertz CT molecular complexity index is 624. The van der Waals surface area contributed by atoms with Crippen LogP contribution in [0.1, 0.15) is 69.5 Å². The Balaban J connectivity index is 1.64. The lowest BCUT2D eigenvalue weighted by Gasteiger charge is -2.29. The van der Waals surface area contributed by atoms with Crippen molar-refractivity contribution in [2.24, 2.45) is 5.92 Å². The van der Waals surface area contributed by atoms with Crippen molar-refractivity contribution in [3.05, 3.63) is 35.9 Å². The molecule has 0 amide bonds. The lowest BCUT2D eigenvalue weighted by atomic mass is 10.0. The van der Waals surface area contributed by atoms with Gasteiger partial charge in [-0.25, -0.2) is 0 Å². The van der Waals surface area contributed by atoms with E-state index in [1.54, 1.807) is 6.26 Å². The molecule has 0 bridgehead atoms. The third-order valence-corrected chi connectivity index (χ3v) is 4.81. The summed E-state index contributed by atoms with van der Waals surface area (Å²) < 4.78 is 10.8. The third-order valence-electron chi connectivity index (χ3n) is 4.81. The molecule has 2 aromatic rings. The maximum atomic E-state index is 10.5. The Labute approximate surface area is 149 Å². The van der Waals surface area contributed by atoms with Crippen molar-refractivity contribution in [1.29, 1.82) is 0 Å². The Morgan fingerprint density at radius 3 is 2.96 bits per heavy atom. The zero-order valence-electron chi connectivity index (χ0n) is 15.2. The standard InChI is InChI=1S/C19H29N3O3/c1-14(2)11-18-20-19(25-21-18)13-22-9-5-3-4-7-15(22)12-16(23)17-8-6-10-24-17/h6,8,10,14-16,23H,3-5,7,9,11-13H2,1-2H3. The fraction of sp³-hybridized carbons (Fsp3) is 0.684. The summed E-state index contributed by atoms with van der Waals surface area (Å²) in [6.45, 7) is 5.95. The highest BCUT2D eigenvalue weighted by Gasteiger charge is 2.26. The van der Waals surface area contributed by atoms with Crippen molar-refractivity contribution in [3.63, 3.8) is 0 Å². The Kier molecular flexibility index (Phi) is 6.26. The zero-order valence-corrected chi connectivity index (χ0v) is 15.2. The molecule has 6 nitrogen and oxygen atoms in total. The Hall–Kier alpha value is -1.66. The summed E-state index contributed by atoms with van der Waals surface area (Å²) in [7, 11) is 0. The van der Waals surface area contributed by atoms with Crippen LogP contribution in [0.2, 0.25) is 0 Å². The van der Waals surface area contributed by atoms with Crippen molar-refractivity contribution in [3.8, 4) is 0 Å². The van der Waals surface area contributed by atoms with E-state index in [0.717, 1.165) is 25.2 Å². The van der Waals surface area contributed by atoms with Crippen molar-refractivity contribution < 1.29 is 14.0 Å². The van der Waals surface area contributed by atoms with E-state index in [2.05, 4.69) is 28.9 Å². The number of aliphatic hydroxyl groups is 1. The fourth-order valence-electron chi connectivity index (χ4n) is 3.54. The molecular formula is C19H29N3O3. The highest BCUT2D eigenvalue weighted by molar-refractivity contribution is 5.02. The van der Waals surface area contributed by atoms with Gasteiger partial charge in [0.25, 0.3) is 0 Å². The molecule has 138 valence electrons. The second kappa shape index (κ2) is 8.63. The van der Waals surface area contributed by atoms with E-state index in [4.69, 9.17) is 8.94 Å². The molecule has 2 unspecified atom stereocenters. The Morgan fingerprint density at radius 2 is 2.20 bits per heavy atom. The van der Waals surface area contributed by atoms with Crippen LogP contribution >= 0.6 is 0 Å². The molecule has 0 aliphatic carbocycles. The van der Waals surface area contributed by atoms with Crippen LogP contribution in [0.25, 0.3) is 0 Å². The maximum absolute atomic E-state index is 10.5. The number of nitrogens with zero attached hydrogens (tertiary/aromatic N) is 3. The fourth-order valence-corrected chi connectivity index (χ4v) is 3.54. The number of likely N-dealkylation sites (tertiary alicyclic amines) is 1. The van der Waals surface area contributed by atoms with Crippen LogP contribution in [0, 0.1) is 5.92 Å². The first-order chi connectivity index (χ1) is 12.1. The quantitative estimate of drug-likeness (QED) is 0.822. The van der Waals surface area contributed by atoms with Crippen molar-refractivity contribution in [2.45, 2.75) is 71.1 Å². The SMILES string of the molecule is CC(C)Cc1noc(CN2CCCCCC2CC(O)c2ccco2)n1. The van der Waals surface area contributed by atoms with Gasteiger partial charge in [-0.05, 0) is 43.9 Å². The van der Waals surface area contributed by atoms with Crippen LogP contribution in [0.3, 0.4) is 0 Å². The molecule has 1 N–H and O–H groups in total. The second-order valence-electron chi connectivity index (χ2n) is 7.44. The summed E-state index contributed by atoms with van der Waals surface area (Å²) in [4.78, 5) is 6.92. The highest BCUT2D eigenvalue weighted by atomic mass is 16.5. The molecule has 3 heterocycles. The minimum absolute atomic E-state index is 0.294. The third kappa shape index (κ3) is 5.16. The molecule has 0 aromatic carbocycles. The number of aliphatic hydroxyl groups excluding tert-OH is 1. The van der Waals surface area contributed by atoms with Gasteiger partial charge in [-0.15, -0.1) is 0 Å². The average Bonchev–Trinajstić information content (AvgIpc) is 3.19. The molecule has 6 heteroatoms. The summed E-state index contributed by atoms with van der Waals surface area (Å²) in [6, 6.07) is 3.95. The molecule has 25 heavy (non-hydrogen) atoms. The topological polar surface area (TPSA) is 75.5 Å². The normalized spacial score (nSPS) is 20.7. The van der Waals surface area contributed by atoms with Crippen LogP contribution in [0.15, 0.2) is 27.3 Å². The number of aromatic nitrogens is 2. The predicted octanol–water partition coefficient (Wildman–Crippen LogP) is 3.73. The molecule has 0 radical (unpaired) electrons. The van der Waals surface area contributed by atoms with Gasteiger partial charge >= 0.3 is 0 Å². The van der Waals surface area contributed by atoms with Gasteiger partial charge in [0.2, 0.25) is 5.89 Å². The summed E-state index contributed by atoms with van der Waals surface area (Å²) in [5, 5.41) is 14.6. The van der Waals surface area contributed by atoms with E-state index >= 15 is 0 Å². The van der Waals surface area contributed by atoms with Crippen LogP contribution in [0.5, 0.6) is 0 Å². The van der Waals surface area contributed by atoms with E-state index in [-0.39, 0.29) is 0 Å². The summed E-state index contributed by atoms with van der Waals surface area (Å²) in [5.74, 6) is 2.61. The molecule has 1 fully saturated rings. The second-order valence-corrected chi connectivity index (χ2v) is 7.44. The van der Waals surface area contributed by atoms with E-state index in [9.17, 15) is 5.11 Å². The van der Waals surface area contributed by atoms with E-state index in [1.807, 2.05) is 12.1 Å². The largest absolute Gasteiger partial charge is 0.467 e. The van der Waals surface area contributed by atoms with Gasteiger partial charge in [-0.3, -0.25) is 4.90 Å². The van der Waals surface area contributed by atoms with Crippen molar-refractivity contribution in [2.75, 3.05) is 6.54 Å². The lowest BCUT2D eigenvalue weighted by molar-refractivity contribution is 0.0779. The van der Waals surface area contributed by atoms with Crippen LogP contribution in [-0.4, -0.2) is 32.7 Å². The molecule has 2 aromatic heterocycles. The number of furan rings is 1. The number of hydrogen-bond donors (Lipinski definition) is 1. The first-order valence-electron chi connectivity index (χ1n) is 9.39. The maximum Gasteiger partial charge on any atom is 0.240 e. The van der Waals surface area contributed by atoms with Gasteiger partial charge in [-0.2, -0.15) is 4.98 Å². The first kappa shape index (κ1) is 18.1. The first-order valence-corrected chi connectivity index (χ1v) is 9.39. The summed E-state index contributed by atoms with van der Waals surface area (Å²) in [5.41, 5.74) is 0. The van der Waals surface area contributed by atoms with E-state index < -0.39 is 6.10 Å². The minimum Gasteiger partial charge on any atom is -0.467 e. The molecule has 0 saturated carbocycles. The average molecular weight is 347 g/mol. The molecule has 3 rings (SSSR count). The minimum atomic E-state index is -0.570. The van der Waals surface area contributed by atoms with Crippen LogP contribution < -0.4 is 0 Å². The van der Waals surface area contributed by atoms with Gasteiger partial charge in [0.15, 0.2) is 5.82 Å². The smallest absolute Gasteiger partial charge is 0.240 e. The van der Waals surface area contributed by atoms with E-state index in [1.165, 1.54) is 19.3 Å². The molecule has 1 aliphatic heterocycles. The van der Waals surface area contributed by atoms with Gasteiger partial charge in [0, 0.05) is 12.5 Å². The predicted molar refractivity (Wildman–Crippen MR) is 93.8 cm³/mol. The van der Waals surface area contributed by atoms with Gasteiger partial charge in [-0.1, -0.05) is 31.8 Å². The molecule has 0 spiro atoms. The summed E-state index contributed by atoms with van der Waals surface area (Å²) >= 11 is 0. The van der Waals surface area contributed by atoms with Crippen molar-refractivity contribution in [1.82, 2.24) is 15.0 Å². The number of rotatable bonds is 7. The van der Waals surface area contributed by atoms with Gasteiger partial charge in [0.1, 0.15) is 11.9 Å². The lowest BCUT2D eigenvalue weighted by Crippen LogP contribution is -2.35. The number of hydrogen-bond acceptors (Lipinski definition) is 6. The Morgan fingerprint density at radius 1 is 1.32 bits per heavy atom. The zero-order chi connectivity index (χ0) is 17.6. The molecule has 1 saturated heterocycles. The molecular weight excluding hydrogens is 318 g/mol.